The minimum absolute atomic E-state index is 0.167. The van der Waals surface area contributed by atoms with E-state index in [-0.39, 0.29) is 5.91 Å². The molecule has 0 aliphatic heterocycles. The maximum Gasteiger partial charge on any atom is 0.248 e. The molecule has 1 aromatic heterocycles. The summed E-state index contributed by atoms with van der Waals surface area (Å²) in [4.78, 5) is 12.0. The van der Waals surface area contributed by atoms with Crippen molar-refractivity contribution in [3.05, 3.63) is 70.4 Å². The Labute approximate surface area is 136 Å². The summed E-state index contributed by atoms with van der Waals surface area (Å²) >= 11 is 3.49. The second-order valence-electron chi connectivity index (χ2n) is 4.92. The van der Waals surface area contributed by atoms with E-state index in [1.54, 1.807) is 6.08 Å². The monoisotopic (exact) mass is 355 g/mol. The van der Waals surface area contributed by atoms with Crippen molar-refractivity contribution in [3.8, 4) is 0 Å². The van der Waals surface area contributed by atoms with Gasteiger partial charge in [0.25, 0.3) is 0 Å². The number of hydrogen-bond donors (Lipinski definition) is 1. The van der Waals surface area contributed by atoms with Gasteiger partial charge in [-0.25, -0.2) is 0 Å². The average Bonchev–Trinajstić information content (AvgIpc) is 2.81. The lowest BCUT2D eigenvalue weighted by Crippen LogP contribution is -2.07. The quantitative estimate of drug-likeness (QED) is 0.659. The molecule has 0 radical (unpaired) electrons. The van der Waals surface area contributed by atoms with Crippen LogP contribution in [0.2, 0.25) is 0 Å². The summed E-state index contributed by atoms with van der Waals surface area (Å²) in [6.45, 7) is 1.89. The van der Waals surface area contributed by atoms with Crippen LogP contribution in [0.15, 0.2) is 63.5 Å². The smallest absolute Gasteiger partial charge is 0.248 e. The molecule has 0 saturated heterocycles. The van der Waals surface area contributed by atoms with Crippen LogP contribution in [0, 0.1) is 6.92 Å². The Morgan fingerprint density at radius 3 is 2.73 bits per heavy atom. The highest BCUT2D eigenvalue weighted by atomic mass is 79.9. The third-order valence-electron chi connectivity index (χ3n) is 3.28. The lowest BCUT2D eigenvalue weighted by Gasteiger charge is -2.02. The Morgan fingerprint density at radius 1 is 1.18 bits per heavy atom. The van der Waals surface area contributed by atoms with Gasteiger partial charge in [-0.15, -0.1) is 0 Å². The molecule has 0 fully saturated rings. The first-order valence-electron chi connectivity index (χ1n) is 6.86. The molecule has 110 valence electrons. The summed E-state index contributed by atoms with van der Waals surface area (Å²) in [5.74, 6) is 0.655. The molecule has 3 nitrogen and oxygen atoms in total. The molecule has 3 aromatic rings. The SMILES string of the molecule is Cc1oc2ccc(NC(=O)/C=C\c3ccccc3)cc2c1Br. The molecule has 0 aliphatic rings. The first kappa shape index (κ1) is 14.6. The van der Waals surface area contributed by atoms with Crippen molar-refractivity contribution in [2.24, 2.45) is 0 Å². The third-order valence-corrected chi connectivity index (χ3v) is 4.27. The van der Waals surface area contributed by atoms with Gasteiger partial charge in [0.1, 0.15) is 11.3 Å². The van der Waals surface area contributed by atoms with Gasteiger partial charge in [0.2, 0.25) is 5.91 Å². The molecule has 1 N–H and O–H groups in total. The van der Waals surface area contributed by atoms with Crippen LogP contribution in [0.3, 0.4) is 0 Å². The normalized spacial score (nSPS) is 11.2. The molecule has 0 atom stereocenters. The van der Waals surface area contributed by atoms with E-state index >= 15 is 0 Å². The second kappa shape index (κ2) is 6.20. The van der Waals surface area contributed by atoms with Crippen LogP contribution in [0.5, 0.6) is 0 Å². The van der Waals surface area contributed by atoms with E-state index in [9.17, 15) is 4.79 Å². The number of benzene rings is 2. The molecule has 0 bridgehead atoms. The maximum absolute atomic E-state index is 12.0. The number of fused-ring (bicyclic) bond motifs is 1. The zero-order chi connectivity index (χ0) is 15.5. The fourth-order valence-corrected chi connectivity index (χ4v) is 2.58. The molecule has 1 heterocycles. The second-order valence-corrected chi connectivity index (χ2v) is 5.71. The van der Waals surface area contributed by atoms with Gasteiger partial charge >= 0.3 is 0 Å². The molecule has 1 amide bonds. The molecule has 0 saturated carbocycles. The van der Waals surface area contributed by atoms with E-state index < -0.39 is 0 Å². The van der Waals surface area contributed by atoms with Gasteiger partial charge in [-0.2, -0.15) is 0 Å². The Morgan fingerprint density at radius 2 is 1.95 bits per heavy atom. The number of hydrogen-bond acceptors (Lipinski definition) is 2. The van der Waals surface area contributed by atoms with Gasteiger partial charge in [-0.05, 0) is 52.7 Å². The zero-order valence-electron chi connectivity index (χ0n) is 12.0. The third kappa shape index (κ3) is 3.12. The number of halogens is 1. The van der Waals surface area contributed by atoms with Crippen molar-refractivity contribution >= 4 is 44.6 Å². The van der Waals surface area contributed by atoms with Crippen LogP contribution in [0.25, 0.3) is 17.0 Å². The number of amides is 1. The van der Waals surface area contributed by atoms with Crippen LogP contribution < -0.4 is 5.32 Å². The van der Waals surface area contributed by atoms with Crippen molar-refractivity contribution in [3.63, 3.8) is 0 Å². The minimum atomic E-state index is -0.167. The number of nitrogens with one attached hydrogen (secondary N) is 1. The Hall–Kier alpha value is -2.33. The van der Waals surface area contributed by atoms with Gasteiger partial charge in [0.05, 0.1) is 4.47 Å². The van der Waals surface area contributed by atoms with Gasteiger partial charge in [-0.3, -0.25) is 4.79 Å². The fourth-order valence-electron chi connectivity index (χ4n) is 2.19. The van der Waals surface area contributed by atoms with E-state index in [0.717, 1.165) is 32.5 Å². The summed E-state index contributed by atoms with van der Waals surface area (Å²) in [5, 5.41) is 3.80. The standard InChI is InChI=1S/C18H14BrNO2/c1-12-18(19)15-11-14(8-9-16(15)22-12)20-17(21)10-7-13-5-3-2-4-6-13/h2-11H,1H3,(H,20,21)/b10-7-. The highest BCUT2D eigenvalue weighted by Crippen LogP contribution is 2.32. The summed E-state index contributed by atoms with van der Waals surface area (Å²) in [6.07, 6.45) is 3.31. The van der Waals surface area contributed by atoms with E-state index in [1.165, 1.54) is 6.08 Å². The molecule has 0 aliphatic carbocycles. The van der Waals surface area contributed by atoms with E-state index in [4.69, 9.17) is 4.42 Å². The average molecular weight is 356 g/mol. The first-order chi connectivity index (χ1) is 10.6. The van der Waals surface area contributed by atoms with Gasteiger partial charge in [-0.1, -0.05) is 30.3 Å². The number of anilines is 1. The van der Waals surface area contributed by atoms with Crippen molar-refractivity contribution < 1.29 is 9.21 Å². The van der Waals surface area contributed by atoms with Gasteiger partial charge in [0.15, 0.2) is 0 Å². The summed E-state index contributed by atoms with van der Waals surface area (Å²) in [7, 11) is 0. The van der Waals surface area contributed by atoms with Crippen LogP contribution in [0.4, 0.5) is 5.69 Å². The van der Waals surface area contributed by atoms with Crippen molar-refractivity contribution in [2.75, 3.05) is 5.32 Å². The Kier molecular flexibility index (Phi) is 4.11. The number of carbonyl (C=O) groups excluding carboxylic acids is 1. The molecule has 0 spiro atoms. The molecular formula is C18H14BrNO2. The fraction of sp³-hybridized carbons (Fsp3) is 0.0556. The lowest BCUT2D eigenvalue weighted by atomic mass is 10.2. The molecular weight excluding hydrogens is 342 g/mol. The van der Waals surface area contributed by atoms with Gasteiger partial charge in [0, 0.05) is 17.1 Å². The maximum atomic E-state index is 12.0. The zero-order valence-corrected chi connectivity index (χ0v) is 13.6. The van der Waals surface area contributed by atoms with Crippen LogP contribution in [-0.4, -0.2) is 5.91 Å². The summed E-state index contributed by atoms with van der Waals surface area (Å²) < 4.78 is 6.51. The topological polar surface area (TPSA) is 42.2 Å². The van der Waals surface area contributed by atoms with E-state index in [2.05, 4.69) is 21.2 Å². The van der Waals surface area contributed by atoms with Crippen LogP contribution in [-0.2, 0) is 4.79 Å². The van der Waals surface area contributed by atoms with Crippen molar-refractivity contribution in [1.29, 1.82) is 0 Å². The highest BCUT2D eigenvalue weighted by molar-refractivity contribution is 9.10. The first-order valence-corrected chi connectivity index (χ1v) is 7.65. The molecule has 3 rings (SSSR count). The van der Waals surface area contributed by atoms with Crippen molar-refractivity contribution in [2.45, 2.75) is 6.92 Å². The van der Waals surface area contributed by atoms with Gasteiger partial charge < -0.3 is 9.73 Å². The lowest BCUT2D eigenvalue weighted by molar-refractivity contribution is -0.111. The van der Waals surface area contributed by atoms with E-state index in [0.29, 0.717) is 0 Å². The molecule has 4 heteroatoms. The number of carbonyl (C=O) groups is 1. The Balaban J connectivity index is 1.76. The predicted molar refractivity (Wildman–Crippen MR) is 92.8 cm³/mol. The number of rotatable bonds is 3. The van der Waals surface area contributed by atoms with Crippen LogP contribution in [0.1, 0.15) is 11.3 Å². The number of aryl methyl sites for hydroxylation is 1. The minimum Gasteiger partial charge on any atom is -0.460 e. The number of furan rings is 1. The Bertz CT molecular complexity index is 850. The summed E-state index contributed by atoms with van der Waals surface area (Å²) in [5.41, 5.74) is 2.51. The molecule has 22 heavy (non-hydrogen) atoms. The van der Waals surface area contributed by atoms with Crippen LogP contribution >= 0.6 is 15.9 Å². The molecule has 0 unspecified atom stereocenters. The highest BCUT2D eigenvalue weighted by Gasteiger charge is 2.09. The molecule has 2 aromatic carbocycles. The largest absolute Gasteiger partial charge is 0.460 e. The van der Waals surface area contributed by atoms with Crippen molar-refractivity contribution in [1.82, 2.24) is 0 Å². The van der Waals surface area contributed by atoms with E-state index in [1.807, 2.05) is 55.5 Å². The predicted octanol–water partition coefficient (Wildman–Crippen LogP) is 5.16. The summed E-state index contributed by atoms with van der Waals surface area (Å²) in [6, 6.07) is 15.3.